The van der Waals surface area contributed by atoms with E-state index in [4.69, 9.17) is 9.47 Å². The predicted octanol–water partition coefficient (Wildman–Crippen LogP) is 4.31. The number of hydrogen-bond acceptors (Lipinski definition) is 6. The Balaban J connectivity index is 1.67. The second-order valence-corrected chi connectivity index (χ2v) is 6.49. The lowest BCUT2D eigenvalue weighted by atomic mass is 9.95. The average molecular weight is 361 g/mol. The van der Waals surface area contributed by atoms with Gasteiger partial charge in [0.05, 0.1) is 6.42 Å². The third-order valence-corrected chi connectivity index (χ3v) is 4.49. The molecule has 0 radical (unpaired) electrons. The maximum atomic E-state index is 11.7. The largest absolute Gasteiger partial charge is 0.439 e. The van der Waals surface area contributed by atoms with E-state index in [1.807, 2.05) is 44.2 Å². The molecule has 136 valence electrons. The fraction of sp³-hybridized carbons (Fsp3) is 0.238. The number of aromatic nitrogens is 3. The molecule has 1 aliphatic heterocycles. The molecular formula is C21H19N3O3. The molecule has 0 aliphatic carbocycles. The lowest BCUT2D eigenvalue weighted by molar-refractivity contribution is -0.135. The zero-order valence-corrected chi connectivity index (χ0v) is 15.2. The number of aryl methyl sites for hydroxylation is 1. The Hall–Kier alpha value is -3.28. The summed E-state index contributed by atoms with van der Waals surface area (Å²) < 4.78 is 11.3. The second-order valence-electron chi connectivity index (χ2n) is 6.49. The molecule has 1 unspecified atom stereocenters. The molecule has 4 rings (SSSR count). The maximum Gasteiger partial charge on any atom is 0.311 e. The van der Waals surface area contributed by atoms with E-state index in [9.17, 15) is 4.79 Å². The number of benzene rings is 1. The molecule has 1 aromatic carbocycles. The lowest BCUT2D eigenvalue weighted by Gasteiger charge is -2.21. The highest BCUT2D eigenvalue weighted by atomic mass is 16.5. The minimum atomic E-state index is -0.220. The Bertz CT molecular complexity index is 989. The van der Waals surface area contributed by atoms with Crippen LogP contribution in [-0.2, 0) is 11.2 Å². The molecule has 1 aliphatic rings. The summed E-state index contributed by atoms with van der Waals surface area (Å²) in [4.78, 5) is 24.8. The number of carbonyl (C=O) groups excluding carboxylic acids is 1. The number of carbonyl (C=O) groups is 1. The minimum absolute atomic E-state index is 0.138. The third-order valence-electron chi connectivity index (χ3n) is 4.49. The minimum Gasteiger partial charge on any atom is -0.439 e. The average Bonchev–Trinajstić information content (AvgIpc) is 2.68. The Kier molecular flexibility index (Phi) is 4.54. The van der Waals surface area contributed by atoms with Gasteiger partial charge in [-0.05, 0) is 36.1 Å². The van der Waals surface area contributed by atoms with Gasteiger partial charge in [0.15, 0.2) is 5.82 Å². The quantitative estimate of drug-likeness (QED) is 0.509. The van der Waals surface area contributed by atoms with Gasteiger partial charge in [-0.1, -0.05) is 19.9 Å². The van der Waals surface area contributed by atoms with E-state index in [1.165, 1.54) is 0 Å². The highest BCUT2D eigenvalue weighted by Crippen LogP contribution is 2.37. The van der Waals surface area contributed by atoms with E-state index < -0.39 is 0 Å². The number of pyridine rings is 1. The van der Waals surface area contributed by atoms with E-state index in [0.29, 0.717) is 29.6 Å². The van der Waals surface area contributed by atoms with Crippen LogP contribution in [0.3, 0.4) is 0 Å². The van der Waals surface area contributed by atoms with Gasteiger partial charge in [0.25, 0.3) is 0 Å². The standard InChI is InChI=1S/C21H19N3O3/c1-3-15-11-19(24-21(23-15)14-6-8-22-9-7-14)26-16-4-5-17-13(2)10-20(25)27-18(17)12-16/h4-9,11-13H,3,10H2,1-2H3. The molecule has 3 heterocycles. The number of fused-ring (bicyclic) bond motifs is 1. The molecule has 2 aromatic heterocycles. The van der Waals surface area contributed by atoms with Crippen LogP contribution in [0.15, 0.2) is 48.8 Å². The van der Waals surface area contributed by atoms with Crippen LogP contribution in [0.2, 0.25) is 0 Å². The number of rotatable bonds is 4. The highest BCUT2D eigenvalue weighted by Gasteiger charge is 2.24. The van der Waals surface area contributed by atoms with E-state index >= 15 is 0 Å². The third kappa shape index (κ3) is 3.65. The fourth-order valence-corrected chi connectivity index (χ4v) is 3.05. The normalized spacial score (nSPS) is 15.8. The van der Waals surface area contributed by atoms with Crippen molar-refractivity contribution >= 4 is 5.97 Å². The van der Waals surface area contributed by atoms with Gasteiger partial charge in [0.1, 0.15) is 11.5 Å². The van der Waals surface area contributed by atoms with Crippen LogP contribution in [0.1, 0.15) is 37.4 Å². The molecule has 0 fully saturated rings. The van der Waals surface area contributed by atoms with Gasteiger partial charge in [0.2, 0.25) is 5.88 Å². The first-order valence-corrected chi connectivity index (χ1v) is 8.93. The van der Waals surface area contributed by atoms with E-state index in [-0.39, 0.29) is 11.9 Å². The SMILES string of the molecule is CCc1cc(Oc2ccc3c(c2)OC(=O)CC3C)nc(-c2ccncc2)n1. The Morgan fingerprint density at radius 2 is 1.96 bits per heavy atom. The van der Waals surface area contributed by atoms with Crippen LogP contribution in [-0.4, -0.2) is 20.9 Å². The number of hydrogen-bond donors (Lipinski definition) is 0. The van der Waals surface area contributed by atoms with Crippen LogP contribution >= 0.6 is 0 Å². The van der Waals surface area contributed by atoms with Crippen LogP contribution in [0.4, 0.5) is 0 Å². The summed E-state index contributed by atoms with van der Waals surface area (Å²) in [5.74, 6) is 2.07. The van der Waals surface area contributed by atoms with Crippen molar-refractivity contribution in [3.63, 3.8) is 0 Å². The molecule has 6 nitrogen and oxygen atoms in total. The first kappa shape index (κ1) is 17.1. The zero-order valence-electron chi connectivity index (χ0n) is 15.2. The van der Waals surface area contributed by atoms with Gasteiger partial charge in [-0.2, -0.15) is 4.98 Å². The molecule has 1 atom stereocenters. The molecule has 0 amide bonds. The molecule has 6 heteroatoms. The number of esters is 1. The van der Waals surface area contributed by atoms with Crippen molar-refractivity contribution in [1.29, 1.82) is 0 Å². The van der Waals surface area contributed by atoms with Crippen molar-refractivity contribution in [3.05, 3.63) is 60.0 Å². The Morgan fingerprint density at radius 3 is 2.74 bits per heavy atom. The zero-order chi connectivity index (χ0) is 18.8. The second kappa shape index (κ2) is 7.15. The van der Waals surface area contributed by atoms with Gasteiger partial charge in [0, 0.05) is 35.8 Å². The van der Waals surface area contributed by atoms with Crippen LogP contribution in [0, 0.1) is 0 Å². The molecule has 0 saturated carbocycles. The predicted molar refractivity (Wildman–Crippen MR) is 99.8 cm³/mol. The monoisotopic (exact) mass is 361 g/mol. The van der Waals surface area contributed by atoms with Crippen molar-refractivity contribution in [1.82, 2.24) is 15.0 Å². The van der Waals surface area contributed by atoms with Gasteiger partial charge in [-0.25, -0.2) is 4.98 Å². The summed E-state index contributed by atoms with van der Waals surface area (Å²) in [6.45, 7) is 4.04. The Morgan fingerprint density at radius 1 is 1.15 bits per heavy atom. The van der Waals surface area contributed by atoms with Crippen LogP contribution in [0.25, 0.3) is 11.4 Å². The summed E-state index contributed by atoms with van der Waals surface area (Å²) in [5, 5.41) is 0. The summed E-state index contributed by atoms with van der Waals surface area (Å²) in [5.41, 5.74) is 2.76. The number of ether oxygens (including phenoxy) is 2. The molecule has 3 aromatic rings. The van der Waals surface area contributed by atoms with Gasteiger partial charge < -0.3 is 9.47 Å². The van der Waals surface area contributed by atoms with E-state index in [1.54, 1.807) is 18.5 Å². The highest BCUT2D eigenvalue weighted by molar-refractivity contribution is 5.76. The molecule has 0 spiro atoms. The van der Waals surface area contributed by atoms with Crippen molar-refractivity contribution in [2.75, 3.05) is 0 Å². The van der Waals surface area contributed by atoms with E-state index in [0.717, 1.165) is 23.2 Å². The topological polar surface area (TPSA) is 74.2 Å². The molecular weight excluding hydrogens is 342 g/mol. The number of nitrogens with zero attached hydrogens (tertiary/aromatic N) is 3. The summed E-state index contributed by atoms with van der Waals surface area (Å²) in [6, 6.07) is 11.1. The maximum absolute atomic E-state index is 11.7. The first-order chi connectivity index (χ1) is 13.1. The van der Waals surface area contributed by atoms with Crippen molar-refractivity contribution in [3.8, 4) is 28.8 Å². The molecule has 27 heavy (non-hydrogen) atoms. The fourth-order valence-electron chi connectivity index (χ4n) is 3.05. The van der Waals surface area contributed by atoms with Crippen LogP contribution in [0.5, 0.6) is 17.4 Å². The Labute approximate surface area is 157 Å². The smallest absolute Gasteiger partial charge is 0.311 e. The summed E-state index contributed by atoms with van der Waals surface area (Å²) in [6.07, 6.45) is 4.57. The van der Waals surface area contributed by atoms with Gasteiger partial charge in [-0.15, -0.1) is 0 Å². The lowest BCUT2D eigenvalue weighted by Crippen LogP contribution is -2.18. The van der Waals surface area contributed by atoms with Gasteiger partial charge in [-0.3, -0.25) is 9.78 Å². The van der Waals surface area contributed by atoms with Crippen molar-refractivity contribution in [2.24, 2.45) is 0 Å². The van der Waals surface area contributed by atoms with Gasteiger partial charge >= 0.3 is 5.97 Å². The summed E-state index contributed by atoms with van der Waals surface area (Å²) >= 11 is 0. The van der Waals surface area contributed by atoms with Crippen molar-refractivity contribution < 1.29 is 14.3 Å². The summed E-state index contributed by atoms with van der Waals surface area (Å²) in [7, 11) is 0. The molecule has 0 N–H and O–H groups in total. The van der Waals surface area contributed by atoms with Crippen molar-refractivity contribution in [2.45, 2.75) is 32.6 Å². The van der Waals surface area contributed by atoms with Crippen LogP contribution < -0.4 is 9.47 Å². The molecule has 0 bridgehead atoms. The van der Waals surface area contributed by atoms with E-state index in [2.05, 4.69) is 15.0 Å². The molecule has 0 saturated heterocycles. The first-order valence-electron chi connectivity index (χ1n) is 8.93.